The Morgan fingerprint density at radius 3 is 2.55 bits per heavy atom. The molecule has 2 aromatic rings. The number of hydrogen-bond acceptors (Lipinski definition) is 3. The molecule has 1 amide bonds. The van der Waals surface area contributed by atoms with E-state index in [0.29, 0.717) is 18.7 Å². The summed E-state index contributed by atoms with van der Waals surface area (Å²) in [6.45, 7) is 9.47. The second kappa shape index (κ2) is 7.07. The smallest absolute Gasteiger partial charge is 0.255 e. The molecule has 0 aliphatic heterocycles. The minimum Gasteiger partial charge on any atom is -0.354 e. The molecule has 0 atom stereocenters. The van der Waals surface area contributed by atoms with Crippen LogP contribution in [-0.2, 0) is 0 Å². The average molecular weight is 297 g/mol. The van der Waals surface area contributed by atoms with Gasteiger partial charge in [-0.1, -0.05) is 12.1 Å². The van der Waals surface area contributed by atoms with Crippen LogP contribution in [0.3, 0.4) is 0 Å². The van der Waals surface area contributed by atoms with E-state index in [9.17, 15) is 4.79 Å². The summed E-state index contributed by atoms with van der Waals surface area (Å²) in [6.07, 6.45) is 3.36. The number of nitrogens with one attached hydrogen (secondary N) is 1. The van der Waals surface area contributed by atoms with Gasteiger partial charge in [-0.15, -0.1) is 0 Å². The van der Waals surface area contributed by atoms with Crippen molar-refractivity contribution in [2.75, 3.05) is 18.4 Å². The highest BCUT2D eigenvalue weighted by molar-refractivity contribution is 5.94. The van der Waals surface area contributed by atoms with E-state index in [2.05, 4.69) is 42.3 Å². The summed E-state index contributed by atoms with van der Waals surface area (Å²) >= 11 is 0. The zero-order chi connectivity index (χ0) is 16.1. The first-order valence-corrected chi connectivity index (χ1v) is 7.63. The molecule has 0 radical (unpaired) electrons. The predicted molar refractivity (Wildman–Crippen MR) is 90.7 cm³/mol. The Kier molecular flexibility index (Phi) is 5.15. The highest BCUT2D eigenvalue weighted by atomic mass is 16.2. The van der Waals surface area contributed by atoms with Crippen LogP contribution in [0.1, 0.15) is 35.3 Å². The monoisotopic (exact) mass is 297 g/mol. The third-order valence-electron chi connectivity index (χ3n) is 3.71. The van der Waals surface area contributed by atoms with Gasteiger partial charge in [-0.3, -0.25) is 9.78 Å². The van der Waals surface area contributed by atoms with Gasteiger partial charge >= 0.3 is 0 Å². The molecule has 1 heterocycles. The van der Waals surface area contributed by atoms with E-state index in [1.165, 1.54) is 5.56 Å². The molecular weight excluding hydrogens is 274 g/mol. The third-order valence-corrected chi connectivity index (χ3v) is 3.71. The van der Waals surface area contributed by atoms with E-state index < -0.39 is 0 Å². The second-order valence-electron chi connectivity index (χ2n) is 5.38. The largest absolute Gasteiger partial charge is 0.354 e. The van der Waals surface area contributed by atoms with Crippen molar-refractivity contribution in [3.05, 3.63) is 53.3 Å². The Morgan fingerprint density at radius 1 is 1.14 bits per heavy atom. The van der Waals surface area contributed by atoms with Gasteiger partial charge in [0.2, 0.25) is 0 Å². The van der Waals surface area contributed by atoms with Crippen LogP contribution >= 0.6 is 0 Å². The normalized spacial score (nSPS) is 10.4. The number of benzene rings is 1. The Bertz CT molecular complexity index is 663. The number of nitrogens with zero attached hydrogens (tertiary/aromatic N) is 2. The van der Waals surface area contributed by atoms with E-state index in [1.807, 2.05) is 19.9 Å². The van der Waals surface area contributed by atoms with Crippen molar-refractivity contribution >= 4 is 17.3 Å². The van der Waals surface area contributed by atoms with Crippen LogP contribution in [0.15, 0.2) is 36.7 Å². The first-order chi connectivity index (χ1) is 10.5. The number of hydrogen-bond donors (Lipinski definition) is 1. The van der Waals surface area contributed by atoms with Gasteiger partial charge in [0, 0.05) is 25.0 Å². The number of anilines is 2. The molecule has 1 N–H and O–H groups in total. The molecule has 1 aromatic heterocycles. The van der Waals surface area contributed by atoms with Gasteiger partial charge in [-0.25, -0.2) is 0 Å². The molecule has 0 saturated heterocycles. The molecule has 0 spiro atoms. The average Bonchev–Trinajstić information content (AvgIpc) is 2.52. The summed E-state index contributed by atoms with van der Waals surface area (Å²) in [5, 5.41) is 3.35. The third kappa shape index (κ3) is 3.64. The van der Waals surface area contributed by atoms with E-state index in [1.54, 1.807) is 17.3 Å². The van der Waals surface area contributed by atoms with Gasteiger partial charge in [0.25, 0.3) is 5.91 Å². The molecule has 0 aliphatic carbocycles. The Hall–Kier alpha value is -2.36. The van der Waals surface area contributed by atoms with Gasteiger partial charge in [0.15, 0.2) is 0 Å². The van der Waals surface area contributed by atoms with Crippen molar-refractivity contribution in [1.29, 1.82) is 0 Å². The first kappa shape index (κ1) is 16.0. The van der Waals surface area contributed by atoms with E-state index in [0.717, 1.165) is 16.9 Å². The minimum atomic E-state index is 0.0158. The maximum Gasteiger partial charge on any atom is 0.255 e. The number of carbonyl (C=O) groups excluding carboxylic acids is 1. The minimum absolute atomic E-state index is 0.0158. The van der Waals surface area contributed by atoms with Gasteiger partial charge in [0.05, 0.1) is 17.4 Å². The molecule has 0 fully saturated rings. The lowest BCUT2D eigenvalue weighted by Gasteiger charge is -2.19. The predicted octanol–water partition coefficient (Wildman–Crippen LogP) is 3.92. The van der Waals surface area contributed by atoms with E-state index in [4.69, 9.17) is 0 Å². The summed E-state index contributed by atoms with van der Waals surface area (Å²) in [5.41, 5.74) is 4.82. The van der Waals surface area contributed by atoms with Crippen molar-refractivity contribution in [2.24, 2.45) is 0 Å². The fourth-order valence-corrected chi connectivity index (χ4v) is 2.34. The van der Waals surface area contributed by atoms with Crippen molar-refractivity contribution in [3.63, 3.8) is 0 Å². The zero-order valence-corrected chi connectivity index (χ0v) is 13.7. The SMILES string of the molecule is CCN(CC)C(=O)c1cncc(Nc2cc(C)ccc2C)c1. The fraction of sp³-hybridized carbons (Fsp3) is 0.333. The molecule has 0 saturated carbocycles. The Morgan fingerprint density at radius 2 is 1.86 bits per heavy atom. The molecule has 4 nitrogen and oxygen atoms in total. The Balaban J connectivity index is 2.25. The van der Waals surface area contributed by atoms with Gasteiger partial charge in [0.1, 0.15) is 0 Å². The van der Waals surface area contributed by atoms with Gasteiger partial charge in [-0.05, 0) is 51.0 Å². The van der Waals surface area contributed by atoms with Gasteiger partial charge in [-0.2, -0.15) is 0 Å². The number of pyridine rings is 1. The Labute approximate surface area is 132 Å². The quantitative estimate of drug-likeness (QED) is 0.909. The number of aromatic nitrogens is 1. The zero-order valence-electron chi connectivity index (χ0n) is 13.7. The van der Waals surface area contributed by atoms with Gasteiger partial charge < -0.3 is 10.2 Å². The summed E-state index contributed by atoms with van der Waals surface area (Å²) in [6, 6.07) is 8.11. The van der Waals surface area contributed by atoms with Crippen molar-refractivity contribution in [3.8, 4) is 0 Å². The maximum absolute atomic E-state index is 12.4. The highest BCUT2D eigenvalue weighted by Crippen LogP contribution is 2.22. The molecule has 0 aliphatic rings. The van der Waals surface area contributed by atoms with Crippen LogP contribution in [-0.4, -0.2) is 28.9 Å². The summed E-state index contributed by atoms with van der Waals surface area (Å²) in [5.74, 6) is 0.0158. The standard InChI is InChI=1S/C18H23N3O/c1-5-21(6-2)18(22)15-10-16(12-19-11-15)20-17-9-13(3)7-8-14(17)4/h7-12,20H,5-6H2,1-4H3. The van der Waals surface area contributed by atoms with Crippen LogP contribution in [0.25, 0.3) is 0 Å². The number of rotatable bonds is 5. The molecule has 22 heavy (non-hydrogen) atoms. The van der Waals surface area contributed by atoms with Crippen LogP contribution in [0.5, 0.6) is 0 Å². The number of carbonyl (C=O) groups is 1. The van der Waals surface area contributed by atoms with Crippen molar-refractivity contribution in [1.82, 2.24) is 9.88 Å². The van der Waals surface area contributed by atoms with Crippen LogP contribution in [0.2, 0.25) is 0 Å². The molecule has 1 aromatic carbocycles. The van der Waals surface area contributed by atoms with Crippen LogP contribution < -0.4 is 5.32 Å². The fourth-order valence-electron chi connectivity index (χ4n) is 2.34. The lowest BCUT2D eigenvalue weighted by molar-refractivity contribution is 0.0772. The van der Waals surface area contributed by atoms with Crippen molar-refractivity contribution in [2.45, 2.75) is 27.7 Å². The molecule has 116 valence electrons. The lowest BCUT2D eigenvalue weighted by Crippen LogP contribution is -2.30. The summed E-state index contributed by atoms with van der Waals surface area (Å²) in [4.78, 5) is 18.4. The van der Waals surface area contributed by atoms with E-state index >= 15 is 0 Å². The molecular formula is C18H23N3O. The first-order valence-electron chi connectivity index (χ1n) is 7.63. The summed E-state index contributed by atoms with van der Waals surface area (Å²) in [7, 11) is 0. The summed E-state index contributed by atoms with van der Waals surface area (Å²) < 4.78 is 0. The van der Waals surface area contributed by atoms with Crippen LogP contribution in [0, 0.1) is 13.8 Å². The maximum atomic E-state index is 12.4. The molecule has 4 heteroatoms. The van der Waals surface area contributed by atoms with Crippen molar-refractivity contribution < 1.29 is 4.79 Å². The number of amides is 1. The second-order valence-corrected chi connectivity index (χ2v) is 5.38. The highest BCUT2D eigenvalue weighted by Gasteiger charge is 2.13. The number of aryl methyl sites for hydroxylation is 2. The molecule has 0 bridgehead atoms. The van der Waals surface area contributed by atoms with Crippen LogP contribution in [0.4, 0.5) is 11.4 Å². The molecule has 0 unspecified atom stereocenters. The van der Waals surface area contributed by atoms with E-state index in [-0.39, 0.29) is 5.91 Å². The topological polar surface area (TPSA) is 45.2 Å². The molecule has 2 rings (SSSR count). The lowest BCUT2D eigenvalue weighted by atomic mass is 10.1.